The van der Waals surface area contributed by atoms with Crippen LogP contribution in [0.25, 0.3) is 0 Å². The molecule has 2 aromatic rings. The normalized spacial score (nSPS) is 9.95. The van der Waals surface area contributed by atoms with Crippen molar-refractivity contribution in [3.63, 3.8) is 0 Å². The van der Waals surface area contributed by atoms with Gasteiger partial charge >= 0.3 is 5.97 Å². The van der Waals surface area contributed by atoms with Gasteiger partial charge in [-0.1, -0.05) is 12.1 Å². The maximum Gasteiger partial charge on any atom is 0.338 e. The highest BCUT2D eigenvalue weighted by Gasteiger charge is 2.11. The van der Waals surface area contributed by atoms with Gasteiger partial charge in [0.1, 0.15) is 5.82 Å². The molecule has 2 aromatic carbocycles. The fraction of sp³-hybridized carbons (Fsp3) is 0.0667. The van der Waals surface area contributed by atoms with E-state index in [2.05, 4.69) is 5.32 Å². The van der Waals surface area contributed by atoms with Crippen LogP contribution in [0, 0.1) is 5.82 Å². The molecular formula is C15H13FN2O3. The zero-order valence-corrected chi connectivity index (χ0v) is 11.0. The summed E-state index contributed by atoms with van der Waals surface area (Å²) in [5.41, 5.74) is 6.33. The van der Waals surface area contributed by atoms with Crippen LogP contribution < -0.4 is 11.1 Å². The van der Waals surface area contributed by atoms with E-state index < -0.39 is 24.3 Å². The Kier molecular flexibility index (Phi) is 4.50. The third-order valence-corrected chi connectivity index (χ3v) is 2.63. The van der Waals surface area contributed by atoms with E-state index in [0.29, 0.717) is 5.69 Å². The minimum absolute atomic E-state index is 0.0334. The van der Waals surface area contributed by atoms with Gasteiger partial charge in [-0.05, 0) is 36.4 Å². The molecule has 0 saturated heterocycles. The third-order valence-electron chi connectivity index (χ3n) is 2.63. The third kappa shape index (κ3) is 4.04. The zero-order valence-electron chi connectivity index (χ0n) is 11.0. The van der Waals surface area contributed by atoms with Crippen LogP contribution in [0.1, 0.15) is 10.4 Å². The number of rotatable bonds is 4. The molecule has 0 fully saturated rings. The number of amides is 1. The van der Waals surface area contributed by atoms with Crippen molar-refractivity contribution in [1.29, 1.82) is 0 Å². The highest BCUT2D eigenvalue weighted by atomic mass is 19.1. The molecule has 0 aromatic heterocycles. The first-order valence-electron chi connectivity index (χ1n) is 6.13. The number of nitrogens with two attached hydrogens (primary N) is 1. The molecule has 21 heavy (non-hydrogen) atoms. The molecule has 1 amide bonds. The van der Waals surface area contributed by atoms with Gasteiger partial charge in [0.05, 0.1) is 11.3 Å². The molecule has 5 nitrogen and oxygen atoms in total. The van der Waals surface area contributed by atoms with E-state index in [0.717, 1.165) is 0 Å². The summed E-state index contributed by atoms with van der Waals surface area (Å²) in [4.78, 5) is 23.2. The zero-order chi connectivity index (χ0) is 15.2. The van der Waals surface area contributed by atoms with Gasteiger partial charge < -0.3 is 15.8 Å². The van der Waals surface area contributed by atoms with E-state index in [4.69, 9.17) is 10.5 Å². The molecule has 0 unspecified atom stereocenters. The molecule has 6 heteroatoms. The SMILES string of the molecule is Nc1ccc(C(=O)OCC(=O)Nc2ccccc2F)cc1. The number of ether oxygens (including phenoxy) is 1. The summed E-state index contributed by atoms with van der Waals surface area (Å²) in [5, 5.41) is 2.31. The number of halogens is 1. The molecule has 0 saturated carbocycles. The van der Waals surface area contributed by atoms with Crippen molar-refractivity contribution in [3.8, 4) is 0 Å². The van der Waals surface area contributed by atoms with E-state index in [1.807, 2.05) is 0 Å². The fourth-order valence-electron chi connectivity index (χ4n) is 1.58. The van der Waals surface area contributed by atoms with E-state index in [9.17, 15) is 14.0 Å². The predicted octanol–water partition coefficient (Wildman–Crippen LogP) is 2.20. The molecule has 0 radical (unpaired) electrons. The summed E-state index contributed by atoms with van der Waals surface area (Å²) in [6, 6.07) is 11.8. The van der Waals surface area contributed by atoms with Crippen LogP contribution >= 0.6 is 0 Å². The van der Waals surface area contributed by atoms with Crippen LogP contribution in [-0.2, 0) is 9.53 Å². The highest BCUT2D eigenvalue weighted by Crippen LogP contribution is 2.12. The van der Waals surface area contributed by atoms with Gasteiger partial charge in [0.15, 0.2) is 6.61 Å². The monoisotopic (exact) mass is 288 g/mol. The molecule has 0 aliphatic carbocycles. The average molecular weight is 288 g/mol. The average Bonchev–Trinajstić information content (AvgIpc) is 2.48. The number of para-hydroxylation sites is 1. The number of hydrogen-bond donors (Lipinski definition) is 2. The molecule has 0 aliphatic heterocycles. The second-order valence-corrected chi connectivity index (χ2v) is 4.23. The van der Waals surface area contributed by atoms with Crippen molar-refractivity contribution in [2.45, 2.75) is 0 Å². The van der Waals surface area contributed by atoms with Gasteiger partial charge in [-0.25, -0.2) is 9.18 Å². The van der Waals surface area contributed by atoms with Crippen LogP contribution in [0.4, 0.5) is 15.8 Å². The van der Waals surface area contributed by atoms with Gasteiger partial charge in [0.25, 0.3) is 5.91 Å². The smallest absolute Gasteiger partial charge is 0.338 e. The summed E-state index contributed by atoms with van der Waals surface area (Å²) in [6.45, 7) is -0.502. The minimum atomic E-state index is -0.654. The first-order chi connectivity index (χ1) is 10.1. The second-order valence-electron chi connectivity index (χ2n) is 4.23. The summed E-state index contributed by atoms with van der Waals surface area (Å²) in [7, 11) is 0. The fourth-order valence-corrected chi connectivity index (χ4v) is 1.58. The molecule has 0 bridgehead atoms. The van der Waals surface area contributed by atoms with Gasteiger partial charge in [-0.2, -0.15) is 0 Å². The standard InChI is InChI=1S/C15H13FN2O3/c16-12-3-1-2-4-13(12)18-14(19)9-21-15(20)10-5-7-11(17)8-6-10/h1-8H,9,17H2,(H,18,19). The first kappa shape index (κ1) is 14.5. The second kappa shape index (κ2) is 6.51. The lowest BCUT2D eigenvalue weighted by atomic mass is 10.2. The number of benzene rings is 2. The van der Waals surface area contributed by atoms with Gasteiger partial charge in [0, 0.05) is 5.69 Å². The molecule has 0 heterocycles. The lowest BCUT2D eigenvalue weighted by molar-refractivity contribution is -0.119. The Morgan fingerprint density at radius 3 is 2.43 bits per heavy atom. The number of anilines is 2. The van der Waals surface area contributed by atoms with Gasteiger partial charge in [0.2, 0.25) is 0 Å². The number of carbonyl (C=O) groups is 2. The molecule has 3 N–H and O–H groups in total. The van der Waals surface area contributed by atoms with Gasteiger partial charge in [-0.15, -0.1) is 0 Å². The quantitative estimate of drug-likeness (QED) is 0.667. The maximum absolute atomic E-state index is 13.3. The Morgan fingerprint density at radius 1 is 1.10 bits per heavy atom. The Bertz CT molecular complexity index is 656. The summed E-state index contributed by atoms with van der Waals surface area (Å²) in [6.07, 6.45) is 0. The molecule has 0 aliphatic rings. The lowest BCUT2D eigenvalue weighted by Crippen LogP contribution is -2.21. The largest absolute Gasteiger partial charge is 0.452 e. The maximum atomic E-state index is 13.3. The van der Waals surface area contributed by atoms with Crippen molar-refractivity contribution in [2.75, 3.05) is 17.7 Å². The summed E-state index contributed by atoms with van der Waals surface area (Å²) < 4.78 is 18.1. The van der Waals surface area contributed by atoms with Crippen LogP contribution in [0.3, 0.4) is 0 Å². The summed E-state index contributed by atoms with van der Waals surface area (Å²) in [5.74, 6) is -1.83. The first-order valence-corrected chi connectivity index (χ1v) is 6.13. The number of nitrogen functional groups attached to an aromatic ring is 1. The molecule has 0 atom stereocenters. The molecule has 2 rings (SSSR count). The Morgan fingerprint density at radius 2 is 1.76 bits per heavy atom. The van der Waals surface area contributed by atoms with E-state index in [1.165, 1.54) is 30.3 Å². The summed E-state index contributed by atoms with van der Waals surface area (Å²) >= 11 is 0. The molecular weight excluding hydrogens is 275 g/mol. The van der Waals surface area contributed by atoms with Crippen molar-refractivity contribution >= 4 is 23.3 Å². The minimum Gasteiger partial charge on any atom is -0.452 e. The van der Waals surface area contributed by atoms with Crippen LogP contribution in [0.2, 0.25) is 0 Å². The number of esters is 1. The number of carbonyl (C=O) groups excluding carboxylic acids is 2. The Hall–Kier alpha value is -2.89. The van der Waals surface area contributed by atoms with Crippen LogP contribution in [0.5, 0.6) is 0 Å². The van der Waals surface area contributed by atoms with Crippen molar-refractivity contribution in [2.24, 2.45) is 0 Å². The lowest BCUT2D eigenvalue weighted by Gasteiger charge is -2.07. The highest BCUT2D eigenvalue weighted by molar-refractivity contribution is 5.95. The van der Waals surface area contributed by atoms with Crippen molar-refractivity contribution in [1.82, 2.24) is 0 Å². The predicted molar refractivity (Wildman–Crippen MR) is 76.2 cm³/mol. The number of hydrogen-bond acceptors (Lipinski definition) is 4. The Labute approximate surface area is 120 Å². The molecule has 108 valence electrons. The van der Waals surface area contributed by atoms with Crippen molar-refractivity contribution in [3.05, 3.63) is 59.9 Å². The van der Waals surface area contributed by atoms with E-state index >= 15 is 0 Å². The molecule has 0 spiro atoms. The number of nitrogens with one attached hydrogen (secondary N) is 1. The topological polar surface area (TPSA) is 81.4 Å². The van der Waals surface area contributed by atoms with E-state index in [-0.39, 0.29) is 11.3 Å². The van der Waals surface area contributed by atoms with E-state index in [1.54, 1.807) is 18.2 Å². The van der Waals surface area contributed by atoms with Crippen molar-refractivity contribution < 1.29 is 18.7 Å². The van der Waals surface area contributed by atoms with Gasteiger partial charge in [-0.3, -0.25) is 4.79 Å². The van der Waals surface area contributed by atoms with Crippen LogP contribution in [0.15, 0.2) is 48.5 Å². The van der Waals surface area contributed by atoms with Crippen LogP contribution in [-0.4, -0.2) is 18.5 Å². The Balaban J connectivity index is 1.88.